The monoisotopic (exact) mass is 419 g/mol. The molecule has 1 aliphatic heterocycles. The number of imidazole rings is 1. The van der Waals surface area contributed by atoms with Crippen molar-refractivity contribution in [1.82, 2.24) is 14.3 Å². The van der Waals surface area contributed by atoms with Crippen LogP contribution >= 0.6 is 11.6 Å². The maximum atomic E-state index is 13.6. The number of morpholine rings is 1. The Hall–Kier alpha value is -2.89. The van der Waals surface area contributed by atoms with E-state index in [0.717, 1.165) is 29.6 Å². The van der Waals surface area contributed by atoms with E-state index in [-0.39, 0.29) is 5.91 Å². The number of nitrogens with zero attached hydrogens (tertiary/aromatic N) is 3. The van der Waals surface area contributed by atoms with Crippen molar-refractivity contribution in [2.24, 2.45) is 0 Å². The third-order valence-electron chi connectivity index (χ3n) is 5.57. The molecule has 0 spiro atoms. The summed E-state index contributed by atoms with van der Waals surface area (Å²) < 4.78 is 7.37. The van der Waals surface area contributed by atoms with Gasteiger partial charge >= 0.3 is 0 Å². The molecular formula is C24H22ClN3O2. The van der Waals surface area contributed by atoms with E-state index >= 15 is 0 Å². The maximum absolute atomic E-state index is 13.6. The summed E-state index contributed by atoms with van der Waals surface area (Å²) in [4.78, 5) is 20.2. The number of hydrogen-bond donors (Lipinski definition) is 0. The van der Waals surface area contributed by atoms with Crippen LogP contribution in [-0.4, -0.2) is 46.5 Å². The predicted octanol–water partition coefficient (Wildman–Crippen LogP) is 4.86. The molecule has 0 radical (unpaired) electrons. The van der Waals surface area contributed by atoms with Gasteiger partial charge in [0.2, 0.25) is 0 Å². The number of allylic oxidation sites excluding steroid dienone is 4. The summed E-state index contributed by atoms with van der Waals surface area (Å²) in [7, 11) is 0. The summed E-state index contributed by atoms with van der Waals surface area (Å²) in [6, 6.07) is 11.5. The van der Waals surface area contributed by atoms with Crippen LogP contribution in [0.4, 0.5) is 0 Å². The van der Waals surface area contributed by atoms with Crippen molar-refractivity contribution in [1.29, 1.82) is 0 Å². The highest BCUT2D eigenvalue weighted by Crippen LogP contribution is 2.29. The largest absolute Gasteiger partial charge is 0.378 e. The molecule has 5 nitrogen and oxygen atoms in total. The summed E-state index contributed by atoms with van der Waals surface area (Å²) in [5.41, 5.74) is 5.13. The number of amides is 1. The quantitative estimate of drug-likeness (QED) is 0.609. The summed E-state index contributed by atoms with van der Waals surface area (Å²) >= 11 is 6.08. The van der Waals surface area contributed by atoms with Crippen LogP contribution in [0, 0.1) is 0 Å². The Kier molecular flexibility index (Phi) is 5.15. The standard InChI is InChI=1S/C24H22ClN3O2/c25-20-9-6-18(7-10-20)22-23(24(29)27-12-14-30-15-13-27)28-16-19(8-11-21(28)26-22)17-4-2-1-3-5-17/h2,4-11,16H,1,3,12-15H2. The smallest absolute Gasteiger partial charge is 0.273 e. The third kappa shape index (κ3) is 3.55. The molecule has 6 heteroatoms. The van der Waals surface area contributed by atoms with Crippen molar-refractivity contribution in [3.8, 4) is 11.3 Å². The molecule has 2 aromatic heterocycles. The number of carbonyl (C=O) groups is 1. The lowest BCUT2D eigenvalue weighted by Crippen LogP contribution is -2.41. The highest BCUT2D eigenvalue weighted by atomic mass is 35.5. The van der Waals surface area contributed by atoms with Gasteiger partial charge in [0.25, 0.3) is 5.91 Å². The number of fused-ring (bicyclic) bond motifs is 1. The summed E-state index contributed by atoms with van der Waals surface area (Å²) in [5, 5.41) is 0.655. The molecule has 0 N–H and O–H groups in total. The highest BCUT2D eigenvalue weighted by Gasteiger charge is 2.26. The SMILES string of the molecule is O=C(c1c(-c2ccc(Cl)cc2)nc2ccc(C3=CCCC=C3)cn12)N1CCOCC1. The number of rotatable bonds is 3. The molecule has 0 atom stereocenters. The number of hydrogen-bond acceptors (Lipinski definition) is 3. The zero-order chi connectivity index (χ0) is 20.5. The van der Waals surface area contributed by atoms with Crippen molar-refractivity contribution in [3.05, 3.63) is 77.1 Å². The van der Waals surface area contributed by atoms with Crippen LogP contribution in [0.5, 0.6) is 0 Å². The molecule has 30 heavy (non-hydrogen) atoms. The number of halogens is 1. The van der Waals surface area contributed by atoms with Gasteiger partial charge in [0.05, 0.1) is 13.2 Å². The Morgan fingerprint density at radius 3 is 2.50 bits per heavy atom. The minimum absolute atomic E-state index is 0.0268. The lowest BCUT2D eigenvalue weighted by atomic mass is 10.0. The van der Waals surface area contributed by atoms with Gasteiger partial charge in [-0.05, 0) is 48.2 Å². The summed E-state index contributed by atoms with van der Waals surface area (Å²) in [5.74, 6) is -0.0268. The van der Waals surface area contributed by atoms with Gasteiger partial charge in [0, 0.05) is 29.9 Å². The topological polar surface area (TPSA) is 46.8 Å². The zero-order valence-electron chi connectivity index (χ0n) is 16.6. The predicted molar refractivity (Wildman–Crippen MR) is 119 cm³/mol. The lowest BCUT2D eigenvalue weighted by molar-refractivity contribution is 0.0299. The molecule has 5 rings (SSSR count). The molecule has 0 saturated carbocycles. The van der Waals surface area contributed by atoms with Crippen LogP contribution in [-0.2, 0) is 4.74 Å². The van der Waals surface area contributed by atoms with E-state index in [0.29, 0.717) is 42.7 Å². The van der Waals surface area contributed by atoms with Gasteiger partial charge in [-0.3, -0.25) is 9.20 Å². The van der Waals surface area contributed by atoms with Gasteiger partial charge in [-0.2, -0.15) is 0 Å². The first-order valence-electron chi connectivity index (χ1n) is 10.2. The van der Waals surface area contributed by atoms with Gasteiger partial charge in [-0.15, -0.1) is 0 Å². The Balaban J connectivity index is 1.67. The Bertz CT molecular complexity index is 1160. The van der Waals surface area contributed by atoms with Crippen LogP contribution in [0.15, 0.2) is 60.8 Å². The molecule has 3 heterocycles. The first-order chi connectivity index (χ1) is 14.7. The Morgan fingerprint density at radius 1 is 1.00 bits per heavy atom. The van der Waals surface area contributed by atoms with Crippen molar-refractivity contribution in [3.63, 3.8) is 0 Å². The number of benzene rings is 1. The van der Waals surface area contributed by atoms with Crippen molar-refractivity contribution >= 4 is 28.7 Å². The molecule has 1 aliphatic carbocycles. The highest BCUT2D eigenvalue weighted by molar-refractivity contribution is 6.30. The normalized spacial score (nSPS) is 16.7. The molecule has 0 bridgehead atoms. The lowest BCUT2D eigenvalue weighted by Gasteiger charge is -2.27. The van der Waals surface area contributed by atoms with Crippen molar-refractivity contribution in [2.45, 2.75) is 12.8 Å². The number of pyridine rings is 1. The van der Waals surface area contributed by atoms with Crippen molar-refractivity contribution < 1.29 is 9.53 Å². The zero-order valence-corrected chi connectivity index (χ0v) is 17.3. The third-order valence-corrected chi connectivity index (χ3v) is 5.82. The molecule has 1 fully saturated rings. The molecule has 1 aromatic carbocycles. The second-order valence-corrected chi connectivity index (χ2v) is 7.94. The minimum atomic E-state index is -0.0268. The van der Waals surface area contributed by atoms with Gasteiger partial charge in [-0.25, -0.2) is 4.98 Å². The van der Waals surface area contributed by atoms with Crippen LogP contribution in [0.2, 0.25) is 5.02 Å². The van der Waals surface area contributed by atoms with E-state index in [1.807, 2.05) is 45.8 Å². The van der Waals surface area contributed by atoms with E-state index < -0.39 is 0 Å². The van der Waals surface area contributed by atoms with Crippen LogP contribution in [0.3, 0.4) is 0 Å². The fourth-order valence-corrected chi connectivity index (χ4v) is 4.10. The molecule has 1 amide bonds. The first kappa shape index (κ1) is 19.1. The van der Waals surface area contributed by atoms with Crippen LogP contribution in [0.1, 0.15) is 28.9 Å². The van der Waals surface area contributed by atoms with Gasteiger partial charge < -0.3 is 9.64 Å². The average Bonchev–Trinajstić information content (AvgIpc) is 3.19. The molecular weight excluding hydrogens is 398 g/mol. The number of ether oxygens (including phenoxy) is 1. The number of aromatic nitrogens is 2. The second-order valence-electron chi connectivity index (χ2n) is 7.51. The summed E-state index contributed by atoms with van der Waals surface area (Å²) in [6.07, 6.45) is 10.7. The molecule has 1 saturated heterocycles. The van der Waals surface area contributed by atoms with Crippen LogP contribution in [0.25, 0.3) is 22.5 Å². The fourth-order valence-electron chi connectivity index (χ4n) is 3.97. The maximum Gasteiger partial charge on any atom is 0.273 e. The minimum Gasteiger partial charge on any atom is -0.378 e. The first-order valence-corrected chi connectivity index (χ1v) is 10.6. The fraction of sp³-hybridized carbons (Fsp3) is 0.250. The van der Waals surface area contributed by atoms with Gasteiger partial charge in [-0.1, -0.05) is 42.0 Å². The van der Waals surface area contributed by atoms with E-state index in [2.05, 4.69) is 24.3 Å². The van der Waals surface area contributed by atoms with Gasteiger partial charge in [0.15, 0.2) is 0 Å². The Labute approximate surface area is 180 Å². The number of carbonyl (C=O) groups excluding carboxylic acids is 1. The van der Waals surface area contributed by atoms with Gasteiger partial charge in [0.1, 0.15) is 17.0 Å². The summed E-state index contributed by atoms with van der Waals surface area (Å²) in [6.45, 7) is 2.28. The van der Waals surface area contributed by atoms with Crippen molar-refractivity contribution in [2.75, 3.05) is 26.3 Å². The van der Waals surface area contributed by atoms with Crippen LogP contribution < -0.4 is 0 Å². The molecule has 3 aromatic rings. The Morgan fingerprint density at radius 2 is 1.77 bits per heavy atom. The van der Waals surface area contributed by atoms with E-state index in [4.69, 9.17) is 21.3 Å². The molecule has 152 valence electrons. The van der Waals surface area contributed by atoms with E-state index in [9.17, 15) is 4.79 Å². The average molecular weight is 420 g/mol. The van der Waals surface area contributed by atoms with E-state index in [1.165, 1.54) is 5.57 Å². The second kappa shape index (κ2) is 8.09. The molecule has 2 aliphatic rings. The molecule has 0 unspecified atom stereocenters. The van der Waals surface area contributed by atoms with E-state index in [1.54, 1.807) is 0 Å².